The summed E-state index contributed by atoms with van der Waals surface area (Å²) >= 11 is 0. The van der Waals surface area contributed by atoms with E-state index in [1.165, 1.54) is 24.3 Å². The molecule has 1 saturated heterocycles. The number of rotatable bonds is 2. The molecule has 0 spiro atoms. The summed E-state index contributed by atoms with van der Waals surface area (Å²) in [6.07, 6.45) is 3.68. The van der Waals surface area contributed by atoms with Gasteiger partial charge in [0.1, 0.15) is 0 Å². The van der Waals surface area contributed by atoms with Crippen LogP contribution < -0.4 is 0 Å². The molecule has 1 heterocycles. The van der Waals surface area contributed by atoms with Crippen LogP contribution in [0.5, 0.6) is 0 Å². The molecule has 1 aliphatic heterocycles. The first kappa shape index (κ1) is 12.3. The van der Waals surface area contributed by atoms with Gasteiger partial charge in [0.15, 0.2) is 0 Å². The largest absolute Gasteiger partial charge is 0.338 e. The number of fused-ring (bicyclic) bond motifs is 1. The van der Waals surface area contributed by atoms with E-state index < -0.39 is 17.4 Å². The van der Waals surface area contributed by atoms with Crippen LogP contribution in [0.2, 0.25) is 0 Å². The van der Waals surface area contributed by atoms with Crippen LogP contribution in [0.1, 0.15) is 32.6 Å². The van der Waals surface area contributed by atoms with E-state index in [0.29, 0.717) is 0 Å². The van der Waals surface area contributed by atoms with Crippen LogP contribution in [0.15, 0.2) is 0 Å². The topological polar surface area (TPSA) is 59.1 Å². The smallest absolute Gasteiger partial charge is 0.273 e. The lowest BCUT2D eigenvalue weighted by Crippen LogP contribution is -2.71. The quantitative estimate of drug-likeness (QED) is 0.661. The molecule has 2 aliphatic rings. The fourth-order valence-corrected chi connectivity index (χ4v) is 2.96. The fourth-order valence-electron chi connectivity index (χ4n) is 2.96. The number of carbonyl (C=O) groups is 2. The lowest BCUT2D eigenvalue weighted by Gasteiger charge is -2.53. The molecule has 6 nitrogen and oxygen atoms in total. The molecule has 96 valence electrons. The van der Waals surface area contributed by atoms with Gasteiger partial charge < -0.3 is 0 Å². The second-order valence-corrected chi connectivity index (χ2v) is 4.71. The first-order valence-corrected chi connectivity index (χ1v) is 5.82. The molecule has 1 aliphatic carbocycles. The van der Waals surface area contributed by atoms with E-state index in [1.54, 1.807) is 0 Å². The molecule has 1 saturated carbocycles. The number of amides is 2. The van der Waals surface area contributed by atoms with Crippen LogP contribution in [-0.2, 0) is 19.3 Å². The Balaban J connectivity index is 2.40. The maximum absolute atomic E-state index is 11.9. The van der Waals surface area contributed by atoms with Gasteiger partial charge in [0.05, 0.1) is 25.8 Å². The van der Waals surface area contributed by atoms with Gasteiger partial charge in [-0.05, 0) is 19.8 Å². The Hall–Kier alpha value is -1.14. The molecule has 2 unspecified atom stereocenters. The molecule has 2 atom stereocenters. The Bertz CT molecular complexity index is 346. The fraction of sp³-hybridized carbons (Fsp3) is 0.818. The average Bonchev–Trinajstić information content (AvgIpc) is 2.31. The molecule has 0 aromatic carbocycles. The Kier molecular flexibility index (Phi) is 3.09. The Labute approximate surface area is 100 Å². The Morgan fingerprint density at radius 2 is 1.88 bits per heavy atom. The molecular formula is C11H18N2O4. The summed E-state index contributed by atoms with van der Waals surface area (Å²) < 4.78 is 0. The molecule has 2 rings (SSSR count). The van der Waals surface area contributed by atoms with Crippen molar-refractivity contribution in [2.24, 2.45) is 0 Å². The molecule has 0 aromatic heterocycles. The number of hydrogen-bond acceptors (Lipinski definition) is 4. The highest BCUT2D eigenvalue weighted by Crippen LogP contribution is 2.39. The lowest BCUT2D eigenvalue weighted by molar-refractivity contribution is -0.274. The second-order valence-electron chi connectivity index (χ2n) is 4.71. The van der Waals surface area contributed by atoms with Gasteiger partial charge in [-0.25, -0.2) is 10.1 Å². The molecule has 0 radical (unpaired) electrons. The second kappa shape index (κ2) is 4.27. The third kappa shape index (κ3) is 1.63. The Morgan fingerprint density at radius 1 is 1.18 bits per heavy atom. The van der Waals surface area contributed by atoms with Gasteiger partial charge in [0, 0.05) is 0 Å². The highest BCUT2D eigenvalue weighted by molar-refractivity contribution is 6.35. The van der Waals surface area contributed by atoms with Gasteiger partial charge in [-0.3, -0.25) is 19.3 Å². The molecule has 0 N–H and O–H groups in total. The normalized spacial score (nSPS) is 33.9. The minimum atomic E-state index is -0.657. The van der Waals surface area contributed by atoms with Crippen molar-refractivity contribution < 1.29 is 19.3 Å². The van der Waals surface area contributed by atoms with Crippen LogP contribution in [-0.4, -0.2) is 47.7 Å². The highest BCUT2D eigenvalue weighted by Gasteiger charge is 2.55. The van der Waals surface area contributed by atoms with Gasteiger partial charge in [-0.2, -0.15) is 0 Å². The van der Waals surface area contributed by atoms with E-state index in [1.807, 2.05) is 6.92 Å². The minimum Gasteiger partial charge on any atom is -0.273 e. The van der Waals surface area contributed by atoms with Gasteiger partial charge >= 0.3 is 11.8 Å². The van der Waals surface area contributed by atoms with E-state index in [4.69, 9.17) is 9.68 Å². The summed E-state index contributed by atoms with van der Waals surface area (Å²) in [5, 5.41) is 2.42. The summed E-state index contributed by atoms with van der Waals surface area (Å²) in [6, 6.07) is -0.133. The van der Waals surface area contributed by atoms with E-state index in [-0.39, 0.29) is 6.04 Å². The predicted octanol–water partition coefficient (Wildman–Crippen LogP) is 0.481. The third-order valence-electron chi connectivity index (χ3n) is 3.82. The van der Waals surface area contributed by atoms with E-state index in [0.717, 1.165) is 25.7 Å². The van der Waals surface area contributed by atoms with Crippen molar-refractivity contribution >= 4 is 11.8 Å². The van der Waals surface area contributed by atoms with E-state index >= 15 is 0 Å². The number of hydroxylamine groups is 4. The lowest BCUT2D eigenvalue weighted by atomic mass is 9.76. The molecular weight excluding hydrogens is 224 g/mol. The van der Waals surface area contributed by atoms with Crippen molar-refractivity contribution in [1.82, 2.24) is 10.1 Å². The van der Waals surface area contributed by atoms with Crippen molar-refractivity contribution in [3.8, 4) is 0 Å². The average molecular weight is 242 g/mol. The molecule has 17 heavy (non-hydrogen) atoms. The van der Waals surface area contributed by atoms with Gasteiger partial charge in [0.25, 0.3) is 0 Å². The van der Waals surface area contributed by atoms with Gasteiger partial charge in [-0.1, -0.05) is 12.8 Å². The van der Waals surface area contributed by atoms with Gasteiger partial charge in [-0.15, -0.1) is 0 Å². The monoisotopic (exact) mass is 242 g/mol. The third-order valence-corrected chi connectivity index (χ3v) is 3.82. The Morgan fingerprint density at radius 3 is 2.47 bits per heavy atom. The SMILES string of the molecule is CON1C(=O)C(=O)N(OC)C2(C)CCCCC12. The van der Waals surface area contributed by atoms with Crippen LogP contribution >= 0.6 is 0 Å². The highest BCUT2D eigenvalue weighted by atomic mass is 16.7. The molecule has 2 fully saturated rings. The molecule has 6 heteroatoms. The number of piperazine rings is 1. The van der Waals surface area contributed by atoms with Crippen molar-refractivity contribution in [3.05, 3.63) is 0 Å². The molecule has 0 bridgehead atoms. The van der Waals surface area contributed by atoms with Crippen molar-refractivity contribution in [2.75, 3.05) is 14.2 Å². The van der Waals surface area contributed by atoms with E-state index in [9.17, 15) is 9.59 Å². The maximum Gasteiger partial charge on any atom is 0.338 e. The summed E-state index contributed by atoms with van der Waals surface area (Å²) in [6.45, 7) is 1.94. The first-order valence-electron chi connectivity index (χ1n) is 5.82. The standard InChI is InChI=1S/C11H18N2O4/c1-11-7-5-4-6-8(11)12(16-2)9(14)10(15)13(11)17-3/h8H,4-7H2,1-3H3. The zero-order valence-electron chi connectivity index (χ0n) is 10.4. The number of nitrogens with zero attached hydrogens (tertiary/aromatic N) is 2. The molecule has 0 aromatic rings. The predicted molar refractivity (Wildman–Crippen MR) is 58.4 cm³/mol. The van der Waals surface area contributed by atoms with E-state index in [2.05, 4.69) is 0 Å². The zero-order valence-corrected chi connectivity index (χ0v) is 10.4. The van der Waals surface area contributed by atoms with Crippen molar-refractivity contribution in [1.29, 1.82) is 0 Å². The van der Waals surface area contributed by atoms with Crippen LogP contribution in [0, 0.1) is 0 Å². The van der Waals surface area contributed by atoms with Crippen LogP contribution in [0.4, 0.5) is 0 Å². The zero-order chi connectivity index (χ0) is 12.6. The summed E-state index contributed by atoms with van der Waals surface area (Å²) in [5.41, 5.74) is -0.492. The maximum atomic E-state index is 11.9. The van der Waals surface area contributed by atoms with Crippen molar-refractivity contribution in [3.63, 3.8) is 0 Å². The summed E-state index contributed by atoms with van der Waals surface area (Å²) in [5.74, 6) is -1.31. The molecule has 2 amide bonds. The van der Waals surface area contributed by atoms with Crippen LogP contribution in [0.25, 0.3) is 0 Å². The summed E-state index contributed by atoms with van der Waals surface area (Å²) in [7, 11) is 2.84. The number of carbonyl (C=O) groups excluding carboxylic acids is 2. The van der Waals surface area contributed by atoms with Crippen molar-refractivity contribution in [2.45, 2.75) is 44.2 Å². The van der Waals surface area contributed by atoms with Gasteiger partial charge in [0.2, 0.25) is 0 Å². The number of hydrogen-bond donors (Lipinski definition) is 0. The summed E-state index contributed by atoms with van der Waals surface area (Å²) in [4.78, 5) is 34.0. The minimum absolute atomic E-state index is 0.133. The van der Waals surface area contributed by atoms with Crippen LogP contribution in [0.3, 0.4) is 0 Å². The first-order chi connectivity index (χ1) is 8.06.